The normalized spacial score (nSPS) is 16.8. The fraction of sp³-hybridized carbons (Fsp3) is 0.300. The Morgan fingerprint density at radius 1 is 1.10 bits per heavy atom. The van der Waals surface area contributed by atoms with E-state index < -0.39 is 27.9 Å². The number of hydrogen-bond donors (Lipinski definition) is 2. The van der Waals surface area contributed by atoms with Crippen molar-refractivity contribution in [3.8, 4) is 11.5 Å². The highest BCUT2D eigenvalue weighted by Gasteiger charge is 2.40. The molecule has 0 aliphatic carbocycles. The fourth-order valence-electron chi connectivity index (χ4n) is 3.43. The third-order valence-corrected chi connectivity index (χ3v) is 6.82. The number of nitrogens with two attached hydrogens (primary N) is 1. The number of ether oxygens (including phenoxy) is 2. The van der Waals surface area contributed by atoms with Gasteiger partial charge >= 0.3 is 0 Å². The van der Waals surface area contributed by atoms with Crippen molar-refractivity contribution in [2.24, 2.45) is 5.73 Å². The van der Waals surface area contributed by atoms with E-state index in [1.807, 2.05) is 0 Å². The predicted molar refractivity (Wildman–Crippen MR) is 110 cm³/mol. The summed E-state index contributed by atoms with van der Waals surface area (Å²) in [6.45, 7) is 0.201. The van der Waals surface area contributed by atoms with Crippen LogP contribution in [0.5, 0.6) is 11.5 Å². The number of nitrogens with one attached hydrogen (secondary N) is 1. The minimum absolute atomic E-state index is 0.00242. The van der Waals surface area contributed by atoms with Crippen LogP contribution in [-0.2, 0) is 14.8 Å². The summed E-state index contributed by atoms with van der Waals surface area (Å²) in [6, 6.07) is 9.67. The number of benzene rings is 2. The summed E-state index contributed by atoms with van der Waals surface area (Å²) < 4.78 is 37.9. The van der Waals surface area contributed by atoms with E-state index in [1.54, 1.807) is 18.2 Å². The van der Waals surface area contributed by atoms with E-state index in [1.165, 1.54) is 38.5 Å². The summed E-state index contributed by atoms with van der Waals surface area (Å²) in [5, 5.41) is 2.64. The molecule has 3 rings (SSSR count). The Morgan fingerprint density at radius 3 is 2.47 bits per heavy atom. The molecule has 2 amide bonds. The number of para-hydroxylation sites is 1. The van der Waals surface area contributed by atoms with Gasteiger partial charge in [0, 0.05) is 12.6 Å². The molecule has 1 unspecified atom stereocenters. The van der Waals surface area contributed by atoms with Gasteiger partial charge in [0.2, 0.25) is 15.9 Å². The average molecular weight is 433 g/mol. The van der Waals surface area contributed by atoms with Crippen LogP contribution in [0.25, 0.3) is 0 Å². The van der Waals surface area contributed by atoms with Crippen LogP contribution in [0.1, 0.15) is 23.2 Å². The number of sulfonamides is 1. The zero-order valence-corrected chi connectivity index (χ0v) is 17.4. The summed E-state index contributed by atoms with van der Waals surface area (Å²) in [5.74, 6) is -0.540. The van der Waals surface area contributed by atoms with E-state index in [9.17, 15) is 18.0 Å². The quantitative estimate of drug-likeness (QED) is 0.683. The first kappa shape index (κ1) is 21.6. The van der Waals surface area contributed by atoms with Gasteiger partial charge in [-0.1, -0.05) is 12.1 Å². The molecule has 9 nitrogen and oxygen atoms in total. The van der Waals surface area contributed by atoms with Crippen LogP contribution < -0.4 is 20.5 Å². The van der Waals surface area contributed by atoms with Gasteiger partial charge in [0.25, 0.3) is 5.91 Å². The van der Waals surface area contributed by atoms with Crippen molar-refractivity contribution in [1.82, 2.24) is 4.31 Å². The van der Waals surface area contributed by atoms with E-state index in [4.69, 9.17) is 15.2 Å². The second-order valence-electron chi connectivity index (χ2n) is 6.69. The minimum atomic E-state index is -3.96. The molecule has 0 radical (unpaired) electrons. The third kappa shape index (κ3) is 4.10. The first-order valence-corrected chi connectivity index (χ1v) is 10.7. The van der Waals surface area contributed by atoms with E-state index in [0.717, 1.165) is 4.31 Å². The van der Waals surface area contributed by atoms with Crippen molar-refractivity contribution >= 4 is 27.5 Å². The smallest absolute Gasteiger partial charge is 0.250 e. The first-order valence-electron chi connectivity index (χ1n) is 9.23. The van der Waals surface area contributed by atoms with E-state index in [-0.39, 0.29) is 28.4 Å². The van der Waals surface area contributed by atoms with E-state index in [0.29, 0.717) is 18.6 Å². The topological polar surface area (TPSA) is 128 Å². The molecule has 1 aliphatic rings. The molecule has 10 heteroatoms. The third-order valence-electron chi connectivity index (χ3n) is 4.92. The van der Waals surface area contributed by atoms with Crippen LogP contribution in [-0.4, -0.2) is 51.3 Å². The van der Waals surface area contributed by atoms with Crippen LogP contribution in [0.3, 0.4) is 0 Å². The molecule has 1 saturated heterocycles. The Balaban J connectivity index is 1.88. The van der Waals surface area contributed by atoms with Crippen LogP contribution in [0, 0.1) is 0 Å². The number of methoxy groups -OCH3 is 2. The molecule has 1 heterocycles. The Kier molecular flexibility index (Phi) is 6.28. The van der Waals surface area contributed by atoms with Crippen molar-refractivity contribution in [3.63, 3.8) is 0 Å². The first-order chi connectivity index (χ1) is 14.3. The molecule has 0 aromatic heterocycles. The molecule has 160 valence electrons. The highest BCUT2D eigenvalue weighted by Crippen LogP contribution is 2.33. The summed E-state index contributed by atoms with van der Waals surface area (Å²) in [6.07, 6.45) is 0.888. The SMILES string of the molecule is COc1ccc(S(=O)(=O)N2CCCC2C(=O)Nc2ccccc2C(N)=O)cc1OC. The van der Waals surface area contributed by atoms with Gasteiger partial charge in [0.05, 0.1) is 30.4 Å². The van der Waals surface area contributed by atoms with Crippen LogP contribution in [0.2, 0.25) is 0 Å². The number of carbonyl (C=O) groups is 2. The molecule has 2 aromatic rings. The highest BCUT2D eigenvalue weighted by molar-refractivity contribution is 7.89. The van der Waals surface area contributed by atoms with Crippen molar-refractivity contribution in [2.45, 2.75) is 23.8 Å². The maximum Gasteiger partial charge on any atom is 0.250 e. The number of amides is 2. The molecule has 30 heavy (non-hydrogen) atoms. The maximum absolute atomic E-state index is 13.2. The second-order valence-corrected chi connectivity index (χ2v) is 8.58. The number of carbonyl (C=O) groups excluding carboxylic acids is 2. The lowest BCUT2D eigenvalue weighted by Gasteiger charge is -2.24. The predicted octanol–water partition coefficient (Wildman–Crippen LogP) is 1.59. The summed E-state index contributed by atoms with van der Waals surface area (Å²) >= 11 is 0. The van der Waals surface area contributed by atoms with Crippen molar-refractivity contribution < 1.29 is 27.5 Å². The zero-order chi connectivity index (χ0) is 21.9. The maximum atomic E-state index is 13.2. The number of rotatable bonds is 7. The van der Waals surface area contributed by atoms with Gasteiger partial charge < -0.3 is 20.5 Å². The zero-order valence-electron chi connectivity index (χ0n) is 16.6. The van der Waals surface area contributed by atoms with Crippen LogP contribution >= 0.6 is 0 Å². The standard InChI is InChI=1S/C20H23N3O6S/c1-28-17-10-9-13(12-18(17)29-2)30(26,27)23-11-5-8-16(23)20(25)22-15-7-4-3-6-14(15)19(21)24/h3-4,6-7,9-10,12,16H,5,8,11H2,1-2H3,(H2,21,24)(H,22,25). The lowest BCUT2D eigenvalue weighted by atomic mass is 10.1. The minimum Gasteiger partial charge on any atom is -0.493 e. The monoisotopic (exact) mass is 433 g/mol. The summed E-state index contributed by atoms with van der Waals surface area (Å²) in [7, 11) is -1.10. The Morgan fingerprint density at radius 2 is 1.80 bits per heavy atom. The van der Waals surface area contributed by atoms with Crippen molar-refractivity contribution in [3.05, 3.63) is 48.0 Å². The molecule has 0 spiro atoms. The lowest BCUT2D eigenvalue weighted by Crippen LogP contribution is -2.43. The van der Waals surface area contributed by atoms with Gasteiger partial charge in [-0.05, 0) is 37.1 Å². The lowest BCUT2D eigenvalue weighted by molar-refractivity contribution is -0.119. The largest absolute Gasteiger partial charge is 0.493 e. The number of primary amides is 1. The van der Waals surface area contributed by atoms with Gasteiger partial charge in [-0.15, -0.1) is 0 Å². The van der Waals surface area contributed by atoms with E-state index >= 15 is 0 Å². The number of anilines is 1. The van der Waals surface area contributed by atoms with Crippen molar-refractivity contribution in [1.29, 1.82) is 0 Å². The van der Waals surface area contributed by atoms with Gasteiger partial charge in [-0.2, -0.15) is 4.31 Å². The summed E-state index contributed by atoms with van der Waals surface area (Å²) in [5.41, 5.74) is 5.74. The molecule has 1 fully saturated rings. The van der Waals surface area contributed by atoms with Crippen LogP contribution in [0.15, 0.2) is 47.4 Å². The Hall–Kier alpha value is -3.11. The molecule has 2 aromatic carbocycles. The second kappa shape index (κ2) is 8.72. The molecule has 3 N–H and O–H groups in total. The number of nitrogens with zero attached hydrogens (tertiary/aromatic N) is 1. The average Bonchev–Trinajstić information content (AvgIpc) is 3.24. The highest BCUT2D eigenvalue weighted by atomic mass is 32.2. The molecule has 1 atom stereocenters. The molecular formula is C20H23N3O6S. The molecular weight excluding hydrogens is 410 g/mol. The Labute approximate surface area is 174 Å². The summed E-state index contributed by atoms with van der Waals surface area (Å²) in [4.78, 5) is 24.5. The van der Waals surface area contributed by atoms with Gasteiger partial charge in [0.15, 0.2) is 11.5 Å². The molecule has 0 bridgehead atoms. The van der Waals surface area contributed by atoms with Gasteiger partial charge in [0.1, 0.15) is 6.04 Å². The molecule has 1 aliphatic heterocycles. The van der Waals surface area contributed by atoms with Crippen LogP contribution in [0.4, 0.5) is 5.69 Å². The Bertz CT molecular complexity index is 1070. The van der Waals surface area contributed by atoms with E-state index in [2.05, 4.69) is 5.32 Å². The number of hydrogen-bond acceptors (Lipinski definition) is 6. The van der Waals surface area contributed by atoms with Gasteiger partial charge in [-0.25, -0.2) is 8.42 Å². The molecule has 0 saturated carbocycles. The van der Waals surface area contributed by atoms with Crippen molar-refractivity contribution in [2.75, 3.05) is 26.1 Å². The fourth-order valence-corrected chi connectivity index (χ4v) is 5.10. The van der Waals surface area contributed by atoms with Gasteiger partial charge in [-0.3, -0.25) is 9.59 Å².